The maximum Gasteiger partial charge on any atom is 0.258 e. The van der Waals surface area contributed by atoms with Crippen LogP contribution in [0.25, 0.3) is 16.6 Å². The molecule has 0 unspecified atom stereocenters. The van der Waals surface area contributed by atoms with Gasteiger partial charge in [0.25, 0.3) is 5.88 Å². The molecule has 4 heterocycles. The fourth-order valence-corrected chi connectivity index (χ4v) is 2.98. The maximum absolute atomic E-state index is 5.81. The van der Waals surface area contributed by atoms with Gasteiger partial charge in [-0.1, -0.05) is 11.2 Å². The fourth-order valence-electron chi connectivity index (χ4n) is 2.32. The molecule has 4 aromatic rings. The van der Waals surface area contributed by atoms with Gasteiger partial charge in [0.2, 0.25) is 5.88 Å². The van der Waals surface area contributed by atoms with E-state index in [9.17, 15) is 0 Å². The van der Waals surface area contributed by atoms with Gasteiger partial charge in [0.15, 0.2) is 18.3 Å². The van der Waals surface area contributed by atoms with E-state index in [0.717, 1.165) is 21.8 Å². The smallest absolute Gasteiger partial charge is 0.258 e. The SMILES string of the molecule is Cc1cc(OCc2nnnn2-c2onc(C)c2C)nc(-c2cccs2)n1. The quantitative estimate of drug-likeness (QED) is 0.529. The number of hydrogen-bond donors (Lipinski definition) is 0. The van der Waals surface area contributed by atoms with Crippen molar-refractivity contribution >= 4 is 11.3 Å². The topological polar surface area (TPSA) is 105 Å². The molecule has 0 N–H and O–H groups in total. The molecule has 0 aliphatic carbocycles. The van der Waals surface area contributed by atoms with Gasteiger partial charge in [-0.25, -0.2) is 4.98 Å². The van der Waals surface area contributed by atoms with E-state index < -0.39 is 0 Å². The Bertz CT molecular complexity index is 1040. The first-order valence-electron chi connectivity index (χ1n) is 7.84. The van der Waals surface area contributed by atoms with Gasteiger partial charge in [0.1, 0.15) is 0 Å². The van der Waals surface area contributed by atoms with E-state index in [1.165, 1.54) is 4.68 Å². The molecule has 132 valence electrons. The monoisotopic (exact) mass is 369 g/mol. The lowest BCUT2D eigenvalue weighted by Gasteiger charge is -2.07. The Labute approximate surface area is 152 Å². The van der Waals surface area contributed by atoms with E-state index in [1.807, 2.05) is 38.3 Å². The first-order valence-corrected chi connectivity index (χ1v) is 8.72. The minimum absolute atomic E-state index is 0.131. The predicted molar refractivity (Wildman–Crippen MR) is 93.1 cm³/mol. The highest BCUT2D eigenvalue weighted by atomic mass is 32.1. The van der Waals surface area contributed by atoms with Crippen molar-refractivity contribution in [3.05, 3.63) is 46.4 Å². The number of thiophene rings is 1. The summed E-state index contributed by atoms with van der Waals surface area (Å²) in [6, 6.07) is 5.70. The van der Waals surface area contributed by atoms with E-state index in [0.29, 0.717) is 23.4 Å². The highest BCUT2D eigenvalue weighted by molar-refractivity contribution is 7.13. The summed E-state index contributed by atoms with van der Waals surface area (Å²) >= 11 is 1.58. The molecule has 0 bridgehead atoms. The minimum Gasteiger partial charge on any atom is -0.469 e. The van der Waals surface area contributed by atoms with E-state index in [1.54, 1.807) is 17.4 Å². The average Bonchev–Trinajstić information content (AvgIpc) is 3.36. The molecule has 26 heavy (non-hydrogen) atoms. The minimum atomic E-state index is 0.131. The molecule has 0 spiro atoms. The van der Waals surface area contributed by atoms with Crippen LogP contribution in [0.4, 0.5) is 0 Å². The number of ether oxygens (including phenoxy) is 1. The largest absolute Gasteiger partial charge is 0.469 e. The number of aromatic nitrogens is 7. The van der Waals surface area contributed by atoms with Crippen molar-refractivity contribution in [2.24, 2.45) is 0 Å². The molecule has 0 saturated carbocycles. The Hall–Kier alpha value is -3.14. The zero-order valence-electron chi connectivity index (χ0n) is 14.4. The molecular formula is C16H15N7O2S. The van der Waals surface area contributed by atoms with Crippen LogP contribution >= 0.6 is 11.3 Å². The molecule has 10 heteroatoms. The summed E-state index contributed by atoms with van der Waals surface area (Å²) in [6.07, 6.45) is 0. The highest BCUT2D eigenvalue weighted by Crippen LogP contribution is 2.24. The van der Waals surface area contributed by atoms with Gasteiger partial charge in [-0.15, -0.1) is 16.4 Å². The van der Waals surface area contributed by atoms with E-state index >= 15 is 0 Å². The second-order valence-electron chi connectivity index (χ2n) is 5.64. The maximum atomic E-state index is 5.81. The highest BCUT2D eigenvalue weighted by Gasteiger charge is 2.17. The summed E-state index contributed by atoms with van der Waals surface area (Å²) in [5.74, 6) is 2.06. The van der Waals surface area contributed by atoms with Gasteiger partial charge in [-0.3, -0.25) is 0 Å². The lowest BCUT2D eigenvalue weighted by atomic mass is 10.3. The molecule has 4 rings (SSSR count). The van der Waals surface area contributed by atoms with Crippen LogP contribution in [-0.2, 0) is 6.61 Å². The second kappa shape index (κ2) is 6.64. The zero-order chi connectivity index (χ0) is 18.1. The number of nitrogens with zero attached hydrogens (tertiary/aromatic N) is 7. The molecule has 4 aromatic heterocycles. The molecule has 9 nitrogen and oxygen atoms in total. The Morgan fingerprint density at radius 1 is 1.23 bits per heavy atom. The summed E-state index contributed by atoms with van der Waals surface area (Å²) in [4.78, 5) is 9.90. The Kier molecular flexibility index (Phi) is 4.17. The number of rotatable bonds is 5. The van der Waals surface area contributed by atoms with Gasteiger partial charge in [-0.2, -0.15) is 9.67 Å². The Morgan fingerprint density at radius 2 is 2.12 bits per heavy atom. The van der Waals surface area contributed by atoms with E-state index in [2.05, 4.69) is 30.7 Å². The van der Waals surface area contributed by atoms with Crippen molar-refractivity contribution in [3.63, 3.8) is 0 Å². The second-order valence-corrected chi connectivity index (χ2v) is 6.59. The molecule has 0 aromatic carbocycles. The van der Waals surface area contributed by atoms with Crippen molar-refractivity contribution < 1.29 is 9.26 Å². The molecular weight excluding hydrogens is 354 g/mol. The van der Waals surface area contributed by atoms with Crippen LogP contribution in [0.2, 0.25) is 0 Å². The van der Waals surface area contributed by atoms with Gasteiger partial charge in [0, 0.05) is 17.3 Å². The summed E-state index contributed by atoms with van der Waals surface area (Å²) in [6.45, 7) is 5.79. The van der Waals surface area contributed by atoms with Crippen molar-refractivity contribution in [2.45, 2.75) is 27.4 Å². The van der Waals surface area contributed by atoms with Crippen molar-refractivity contribution in [1.29, 1.82) is 0 Å². The van der Waals surface area contributed by atoms with Gasteiger partial charge in [0.05, 0.1) is 10.6 Å². The first kappa shape index (κ1) is 16.3. The van der Waals surface area contributed by atoms with Crippen LogP contribution in [0.15, 0.2) is 28.1 Å². The fraction of sp³-hybridized carbons (Fsp3) is 0.250. The van der Waals surface area contributed by atoms with Crippen LogP contribution in [0.5, 0.6) is 5.88 Å². The number of aryl methyl sites for hydroxylation is 2. The summed E-state index contributed by atoms with van der Waals surface area (Å²) in [7, 11) is 0. The molecule has 0 radical (unpaired) electrons. The molecule has 0 fully saturated rings. The van der Waals surface area contributed by atoms with Crippen LogP contribution in [0.1, 0.15) is 22.8 Å². The van der Waals surface area contributed by atoms with Crippen molar-refractivity contribution in [2.75, 3.05) is 0 Å². The standard InChI is InChI=1S/C16H15N7O2S/c1-9-7-14(18-15(17-9)12-5-4-6-26-12)24-8-13-19-21-22-23(13)16-10(2)11(3)20-25-16/h4-7H,8H2,1-3H3. The van der Waals surface area contributed by atoms with Crippen LogP contribution in [-0.4, -0.2) is 35.3 Å². The van der Waals surface area contributed by atoms with Crippen LogP contribution in [0.3, 0.4) is 0 Å². The van der Waals surface area contributed by atoms with E-state index in [-0.39, 0.29) is 6.61 Å². The molecule has 0 saturated heterocycles. The first-order chi connectivity index (χ1) is 12.6. The van der Waals surface area contributed by atoms with Gasteiger partial charge >= 0.3 is 0 Å². The van der Waals surface area contributed by atoms with E-state index in [4.69, 9.17) is 9.26 Å². The lowest BCUT2D eigenvalue weighted by Crippen LogP contribution is -2.08. The molecule has 0 atom stereocenters. The third-order valence-electron chi connectivity index (χ3n) is 3.78. The zero-order valence-corrected chi connectivity index (χ0v) is 15.2. The van der Waals surface area contributed by atoms with Crippen LogP contribution < -0.4 is 4.74 Å². The van der Waals surface area contributed by atoms with Crippen molar-refractivity contribution in [3.8, 4) is 22.5 Å². The number of tetrazole rings is 1. The molecule has 0 aliphatic heterocycles. The summed E-state index contributed by atoms with van der Waals surface area (Å²) in [5.41, 5.74) is 2.48. The van der Waals surface area contributed by atoms with Gasteiger partial charge in [-0.05, 0) is 42.6 Å². The normalized spacial score (nSPS) is 11.0. The Balaban J connectivity index is 1.57. The molecule has 0 amide bonds. The number of hydrogen-bond acceptors (Lipinski definition) is 9. The predicted octanol–water partition coefficient (Wildman–Crippen LogP) is 2.67. The summed E-state index contributed by atoms with van der Waals surface area (Å²) in [5, 5.41) is 17.6. The summed E-state index contributed by atoms with van der Waals surface area (Å²) < 4.78 is 12.6. The average molecular weight is 369 g/mol. The third kappa shape index (κ3) is 3.06. The van der Waals surface area contributed by atoms with Crippen molar-refractivity contribution in [1.82, 2.24) is 35.3 Å². The lowest BCUT2D eigenvalue weighted by molar-refractivity contribution is 0.276. The Morgan fingerprint density at radius 3 is 2.85 bits per heavy atom. The van der Waals surface area contributed by atoms with Crippen LogP contribution in [0, 0.1) is 20.8 Å². The third-order valence-corrected chi connectivity index (χ3v) is 4.65. The molecule has 0 aliphatic rings. The van der Waals surface area contributed by atoms with Gasteiger partial charge < -0.3 is 9.26 Å².